The first-order valence-corrected chi connectivity index (χ1v) is 7.34. The van der Waals surface area contributed by atoms with Crippen molar-refractivity contribution in [2.24, 2.45) is 5.73 Å². The largest absolute Gasteiger partial charge is 0.465 e. The van der Waals surface area contributed by atoms with Crippen LogP contribution < -0.4 is 5.73 Å². The van der Waals surface area contributed by atoms with Gasteiger partial charge in [0.2, 0.25) is 10.0 Å². The minimum Gasteiger partial charge on any atom is -0.465 e. The number of rotatable bonds is 3. The molecule has 0 unspecified atom stereocenters. The van der Waals surface area contributed by atoms with Crippen LogP contribution in [0.4, 0.5) is 0 Å². The molecule has 1 heterocycles. The van der Waals surface area contributed by atoms with E-state index in [0.717, 1.165) is 0 Å². The third-order valence-corrected chi connectivity index (χ3v) is 5.02. The normalized spacial score (nSPS) is 19.4. The molecule has 1 aliphatic heterocycles. The first kappa shape index (κ1) is 16.9. The predicted molar refractivity (Wildman–Crippen MR) is 76.4 cm³/mol. The fourth-order valence-electron chi connectivity index (χ4n) is 2.08. The molecule has 1 aromatic rings. The predicted octanol–water partition coefficient (Wildman–Crippen LogP) is 0.617. The molecular formula is C12H17ClN2O4S. The van der Waals surface area contributed by atoms with Crippen LogP contribution in [0.1, 0.15) is 16.8 Å². The number of hydrogen-bond acceptors (Lipinski definition) is 5. The molecule has 1 fully saturated rings. The highest BCUT2D eigenvalue weighted by Crippen LogP contribution is 2.23. The number of halogens is 1. The van der Waals surface area contributed by atoms with Crippen molar-refractivity contribution >= 4 is 28.4 Å². The third-order valence-electron chi connectivity index (χ3n) is 3.10. The van der Waals surface area contributed by atoms with E-state index < -0.39 is 16.0 Å². The number of benzene rings is 1. The Morgan fingerprint density at radius 3 is 2.60 bits per heavy atom. The van der Waals surface area contributed by atoms with Crippen LogP contribution in [-0.4, -0.2) is 44.9 Å². The molecule has 1 atom stereocenters. The standard InChI is InChI=1S/C12H16N2O4S.ClH/c1-18-12(15)10-4-2-3-5-11(10)19(16,17)14-7-6-9(13)8-14;/h2-5,9H,6-8,13H2,1H3;1H/t9-;/m0./s1. The smallest absolute Gasteiger partial charge is 0.339 e. The topological polar surface area (TPSA) is 89.7 Å². The molecule has 0 spiro atoms. The van der Waals surface area contributed by atoms with Gasteiger partial charge < -0.3 is 10.5 Å². The molecule has 20 heavy (non-hydrogen) atoms. The van der Waals surface area contributed by atoms with E-state index in [1.54, 1.807) is 12.1 Å². The molecule has 1 aromatic carbocycles. The molecule has 0 aliphatic carbocycles. The molecule has 112 valence electrons. The van der Waals surface area contributed by atoms with Gasteiger partial charge in [0.15, 0.2) is 0 Å². The number of nitrogens with two attached hydrogens (primary N) is 1. The summed E-state index contributed by atoms with van der Waals surface area (Å²) in [5, 5.41) is 0. The van der Waals surface area contributed by atoms with E-state index in [4.69, 9.17) is 5.73 Å². The first-order valence-electron chi connectivity index (χ1n) is 5.90. The van der Waals surface area contributed by atoms with Gasteiger partial charge in [-0.05, 0) is 18.6 Å². The fraction of sp³-hybridized carbons (Fsp3) is 0.417. The zero-order valence-electron chi connectivity index (χ0n) is 11.0. The lowest BCUT2D eigenvalue weighted by Gasteiger charge is -2.17. The van der Waals surface area contributed by atoms with Gasteiger partial charge in [0.1, 0.15) is 0 Å². The SMILES string of the molecule is COC(=O)c1ccccc1S(=O)(=O)N1CC[C@H](N)C1.Cl. The molecule has 2 rings (SSSR count). The average Bonchev–Trinajstić information content (AvgIpc) is 2.85. The van der Waals surface area contributed by atoms with Gasteiger partial charge in [-0.25, -0.2) is 13.2 Å². The zero-order valence-corrected chi connectivity index (χ0v) is 12.6. The summed E-state index contributed by atoms with van der Waals surface area (Å²) in [6, 6.07) is 5.87. The summed E-state index contributed by atoms with van der Waals surface area (Å²) in [7, 11) is -2.49. The van der Waals surface area contributed by atoms with Crippen LogP contribution in [0.15, 0.2) is 29.2 Å². The summed E-state index contributed by atoms with van der Waals surface area (Å²) in [5.74, 6) is -0.664. The first-order chi connectivity index (χ1) is 8.96. The highest BCUT2D eigenvalue weighted by molar-refractivity contribution is 7.89. The van der Waals surface area contributed by atoms with E-state index in [9.17, 15) is 13.2 Å². The van der Waals surface area contributed by atoms with Gasteiger partial charge in [0.05, 0.1) is 17.6 Å². The van der Waals surface area contributed by atoms with E-state index in [2.05, 4.69) is 4.74 Å². The van der Waals surface area contributed by atoms with E-state index in [-0.39, 0.29) is 35.5 Å². The van der Waals surface area contributed by atoms with Gasteiger partial charge in [-0.3, -0.25) is 0 Å². The Morgan fingerprint density at radius 2 is 2.05 bits per heavy atom. The van der Waals surface area contributed by atoms with Crippen molar-refractivity contribution in [2.75, 3.05) is 20.2 Å². The molecule has 0 aromatic heterocycles. The van der Waals surface area contributed by atoms with Crippen molar-refractivity contribution in [1.29, 1.82) is 0 Å². The van der Waals surface area contributed by atoms with Crippen molar-refractivity contribution in [3.63, 3.8) is 0 Å². The molecule has 6 nitrogen and oxygen atoms in total. The molecule has 1 aliphatic rings. The maximum Gasteiger partial charge on any atom is 0.339 e. The lowest BCUT2D eigenvalue weighted by molar-refractivity contribution is 0.0596. The van der Waals surface area contributed by atoms with Gasteiger partial charge in [-0.15, -0.1) is 12.4 Å². The fourth-order valence-corrected chi connectivity index (χ4v) is 3.77. The van der Waals surface area contributed by atoms with Gasteiger partial charge in [0.25, 0.3) is 0 Å². The summed E-state index contributed by atoms with van der Waals surface area (Å²) in [6.07, 6.45) is 0.625. The Hall–Kier alpha value is -1.15. The van der Waals surface area contributed by atoms with Crippen molar-refractivity contribution in [3.05, 3.63) is 29.8 Å². The highest BCUT2D eigenvalue weighted by Gasteiger charge is 2.33. The van der Waals surface area contributed by atoms with Crippen LogP contribution in [0.25, 0.3) is 0 Å². The van der Waals surface area contributed by atoms with Crippen LogP contribution in [0.5, 0.6) is 0 Å². The summed E-state index contributed by atoms with van der Waals surface area (Å²) < 4.78 is 30.9. The highest BCUT2D eigenvalue weighted by atomic mass is 35.5. The number of hydrogen-bond donors (Lipinski definition) is 1. The number of carbonyl (C=O) groups is 1. The minimum atomic E-state index is -3.70. The summed E-state index contributed by atoms with van der Waals surface area (Å²) >= 11 is 0. The zero-order chi connectivity index (χ0) is 14.0. The summed E-state index contributed by atoms with van der Waals surface area (Å²) in [4.78, 5) is 11.6. The molecule has 0 saturated carbocycles. The number of esters is 1. The Balaban J connectivity index is 0.00000200. The number of sulfonamides is 1. The molecular weight excluding hydrogens is 304 g/mol. The average molecular weight is 321 g/mol. The van der Waals surface area contributed by atoms with Gasteiger partial charge in [-0.1, -0.05) is 12.1 Å². The molecule has 2 N–H and O–H groups in total. The lowest BCUT2D eigenvalue weighted by atomic mass is 10.2. The monoisotopic (exact) mass is 320 g/mol. The molecule has 0 bridgehead atoms. The van der Waals surface area contributed by atoms with E-state index in [1.807, 2.05) is 0 Å². The molecule has 0 radical (unpaired) electrons. The Kier molecular flexibility index (Phi) is 5.52. The van der Waals surface area contributed by atoms with Gasteiger partial charge in [0, 0.05) is 19.1 Å². The second-order valence-corrected chi connectivity index (χ2v) is 6.31. The number of nitrogens with zero attached hydrogens (tertiary/aromatic N) is 1. The van der Waals surface area contributed by atoms with Crippen molar-refractivity contribution in [3.8, 4) is 0 Å². The minimum absolute atomic E-state index is 0. The van der Waals surface area contributed by atoms with Crippen molar-refractivity contribution in [1.82, 2.24) is 4.31 Å². The molecule has 8 heteroatoms. The summed E-state index contributed by atoms with van der Waals surface area (Å²) in [6.45, 7) is 0.650. The second kappa shape index (κ2) is 6.53. The molecule has 1 saturated heterocycles. The Bertz CT molecular complexity index is 591. The van der Waals surface area contributed by atoms with Gasteiger partial charge in [-0.2, -0.15) is 4.31 Å². The van der Waals surface area contributed by atoms with E-state index >= 15 is 0 Å². The lowest BCUT2D eigenvalue weighted by Crippen LogP contribution is -2.32. The number of ether oxygens (including phenoxy) is 1. The van der Waals surface area contributed by atoms with Crippen molar-refractivity contribution in [2.45, 2.75) is 17.4 Å². The van der Waals surface area contributed by atoms with Crippen LogP contribution in [-0.2, 0) is 14.8 Å². The summed E-state index contributed by atoms with van der Waals surface area (Å²) in [5.41, 5.74) is 5.77. The Morgan fingerprint density at radius 1 is 1.40 bits per heavy atom. The molecule has 0 amide bonds. The van der Waals surface area contributed by atoms with E-state index in [0.29, 0.717) is 13.0 Å². The number of carbonyl (C=O) groups excluding carboxylic acids is 1. The maximum atomic E-state index is 12.5. The van der Waals surface area contributed by atoms with Crippen LogP contribution in [0, 0.1) is 0 Å². The van der Waals surface area contributed by atoms with Crippen molar-refractivity contribution < 1.29 is 17.9 Å². The van der Waals surface area contributed by atoms with Crippen LogP contribution in [0.3, 0.4) is 0 Å². The third kappa shape index (κ3) is 3.12. The maximum absolute atomic E-state index is 12.5. The van der Waals surface area contributed by atoms with Crippen LogP contribution >= 0.6 is 12.4 Å². The second-order valence-electron chi connectivity index (χ2n) is 4.40. The van der Waals surface area contributed by atoms with Crippen LogP contribution in [0.2, 0.25) is 0 Å². The Labute approximate surface area is 124 Å². The van der Waals surface area contributed by atoms with E-state index in [1.165, 1.54) is 23.5 Å². The number of methoxy groups -OCH3 is 1. The van der Waals surface area contributed by atoms with Gasteiger partial charge >= 0.3 is 5.97 Å². The quantitative estimate of drug-likeness (QED) is 0.824.